The highest BCUT2D eigenvalue weighted by molar-refractivity contribution is 14.1. The molecule has 0 saturated carbocycles. The first kappa shape index (κ1) is 7.42. The van der Waals surface area contributed by atoms with Crippen LogP contribution < -0.4 is 0 Å². The minimum atomic E-state index is 1.60. The molecule has 0 N–H and O–H groups in total. The van der Waals surface area contributed by atoms with Gasteiger partial charge in [0.1, 0.15) is 22.9 Å². The number of rotatable bonds is 2. The van der Waals surface area contributed by atoms with E-state index in [1.54, 1.807) is 18.0 Å². The van der Waals surface area contributed by atoms with Crippen LogP contribution in [0.15, 0.2) is 20.0 Å². The lowest BCUT2D eigenvalue weighted by Crippen LogP contribution is -1.40. The molecule has 0 spiro atoms. The number of hydrogen-bond donors (Lipinski definition) is 0. The zero-order valence-corrected chi connectivity index (χ0v) is 6.81. The van der Waals surface area contributed by atoms with Gasteiger partial charge in [-0.3, -0.25) is 0 Å². The highest BCUT2D eigenvalue weighted by atomic mass is 127. The van der Waals surface area contributed by atoms with Gasteiger partial charge in [-0.25, -0.2) is 0 Å². The molecule has 7 heavy (non-hydrogen) atoms. The topological polar surface area (TPSA) is 24.7 Å². The van der Waals surface area contributed by atoms with Gasteiger partial charge in [0.05, 0.1) is 6.20 Å². The monoisotopic (exact) mass is 228 g/mol. The van der Waals surface area contributed by atoms with Gasteiger partial charge in [-0.05, 0) is 11.7 Å². The van der Waals surface area contributed by atoms with E-state index in [2.05, 4.69) is 8.44 Å². The first-order valence-electron chi connectivity index (χ1n) is 1.60. The summed E-state index contributed by atoms with van der Waals surface area (Å²) in [4.78, 5) is 0. The zero-order valence-electron chi connectivity index (χ0n) is 3.84. The predicted molar refractivity (Wildman–Crippen MR) is 41.5 cm³/mol. The van der Waals surface area contributed by atoms with E-state index >= 15 is 0 Å². The van der Waals surface area contributed by atoms with Crippen LogP contribution in [-0.2, 0) is 0 Å². The number of thioether (sulfide) groups is 1. The first-order chi connectivity index (χ1) is 3.41. The molecular weight excluding hydrogens is 223 g/mol. The maximum Gasteiger partial charge on any atom is 0.111 e. The van der Waals surface area contributed by atoms with Gasteiger partial charge in [-0.15, -0.1) is 15.1 Å². The highest BCUT2D eigenvalue weighted by Gasteiger charge is 1.59. The van der Waals surface area contributed by atoms with E-state index in [9.17, 15) is 0 Å². The Morgan fingerprint density at radius 2 is 2.43 bits per heavy atom. The second-order valence-electron chi connectivity index (χ2n) is 0.712. The molecule has 0 atom stereocenters. The van der Waals surface area contributed by atoms with Crippen molar-refractivity contribution in [2.75, 3.05) is 6.26 Å². The molecule has 0 aromatic heterocycles. The third-order valence-electron chi connectivity index (χ3n) is 0.307. The largest absolute Gasteiger partial charge is 0.153 e. The van der Waals surface area contributed by atoms with Gasteiger partial charge < -0.3 is 0 Å². The van der Waals surface area contributed by atoms with Crippen molar-refractivity contribution in [1.82, 2.24) is 0 Å². The van der Waals surface area contributed by atoms with Crippen LogP contribution in [0.2, 0.25) is 0 Å². The number of hydrogen-bond acceptors (Lipinski definition) is 3. The summed E-state index contributed by atoms with van der Waals surface area (Å²) in [6.07, 6.45) is 3.62. The molecule has 0 saturated heterocycles. The molecule has 0 rings (SSSR count). The predicted octanol–water partition coefficient (Wildman–Crippen LogP) is 2.62. The lowest BCUT2D eigenvalue weighted by molar-refractivity contribution is 1.38. The molecule has 0 aromatic rings. The Morgan fingerprint density at radius 1 is 1.71 bits per heavy atom. The fourth-order valence-electron chi connectivity index (χ4n) is 0.113. The molecule has 0 aliphatic carbocycles. The van der Waals surface area contributed by atoms with Crippen molar-refractivity contribution >= 4 is 34.6 Å². The molecule has 0 aliphatic rings. The average Bonchev–Trinajstić information content (AvgIpc) is 1.69. The van der Waals surface area contributed by atoms with Gasteiger partial charge in [0.25, 0.3) is 0 Å². The third kappa shape index (κ3) is 6.42. The molecule has 0 fully saturated rings. The Labute approximate surface area is 61.0 Å². The van der Waals surface area contributed by atoms with Crippen molar-refractivity contribution in [1.29, 1.82) is 0 Å². The Kier molecular flexibility index (Phi) is 6.81. The van der Waals surface area contributed by atoms with Crippen molar-refractivity contribution in [3.05, 3.63) is 11.6 Å². The van der Waals surface area contributed by atoms with Gasteiger partial charge in [-0.2, -0.15) is 5.11 Å². The smallest absolute Gasteiger partial charge is 0.111 e. The average molecular weight is 228 g/mol. The minimum Gasteiger partial charge on any atom is -0.153 e. The van der Waals surface area contributed by atoms with Crippen molar-refractivity contribution < 1.29 is 0 Å². The molecule has 0 heterocycles. The molecule has 0 amide bonds. The Hall–Kier alpha value is 0.420. The van der Waals surface area contributed by atoms with Crippen LogP contribution >= 0.6 is 34.6 Å². The normalized spacial score (nSPS) is 11.7. The van der Waals surface area contributed by atoms with E-state index in [0.717, 1.165) is 0 Å². The second-order valence-corrected chi connectivity index (χ2v) is 1.89. The molecule has 0 bridgehead atoms. The van der Waals surface area contributed by atoms with Crippen LogP contribution in [0.3, 0.4) is 0 Å². The van der Waals surface area contributed by atoms with E-state index in [-0.39, 0.29) is 0 Å². The summed E-state index contributed by atoms with van der Waals surface area (Å²) < 4.78 is 3.47. The van der Waals surface area contributed by atoms with Gasteiger partial charge in [0.2, 0.25) is 0 Å². The Bertz CT molecular complexity index is 81.0. The minimum absolute atomic E-state index is 1.60. The Balaban J connectivity index is 3.09. The first-order valence-corrected chi connectivity index (χ1v) is 3.86. The van der Waals surface area contributed by atoms with E-state index in [4.69, 9.17) is 0 Å². The fourth-order valence-corrected chi connectivity index (χ4v) is 0.433. The molecule has 0 unspecified atom stereocenters. The van der Waals surface area contributed by atoms with Crippen molar-refractivity contribution in [3.63, 3.8) is 0 Å². The van der Waals surface area contributed by atoms with Crippen LogP contribution in [0.5, 0.6) is 0 Å². The molecular formula is C3H5IN2S. The molecule has 0 radical (unpaired) electrons. The number of nitrogens with zero attached hydrogens (tertiary/aromatic N) is 2. The van der Waals surface area contributed by atoms with E-state index in [1.165, 1.54) is 0 Å². The standard InChI is InChI=1S/C3H5IN2S/c1-7-3-2-5-6-4/h2-3H,1H3/b3-2-,6-5?. The number of halogens is 1. The van der Waals surface area contributed by atoms with Crippen LogP contribution in [0.25, 0.3) is 0 Å². The lowest BCUT2D eigenvalue weighted by atomic mass is 11.1. The van der Waals surface area contributed by atoms with Crippen LogP contribution in [0.4, 0.5) is 0 Å². The highest BCUT2D eigenvalue weighted by Crippen LogP contribution is 1.94. The maximum absolute atomic E-state index is 3.57. The van der Waals surface area contributed by atoms with Crippen LogP contribution in [-0.4, -0.2) is 6.26 Å². The SMILES string of the molecule is CS/C=C\N=NI. The second kappa shape index (κ2) is 6.42. The van der Waals surface area contributed by atoms with Crippen molar-refractivity contribution in [3.8, 4) is 0 Å². The molecule has 2 nitrogen and oxygen atoms in total. The van der Waals surface area contributed by atoms with Crippen molar-refractivity contribution in [2.24, 2.45) is 8.44 Å². The fraction of sp³-hybridized carbons (Fsp3) is 0.333. The summed E-state index contributed by atoms with van der Waals surface area (Å²) in [6.45, 7) is 0. The summed E-state index contributed by atoms with van der Waals surface area (Å²) in [7, 11) is 0. The zero-order chi connectivity index (χ0) is 5.54. The van der Waals surface area contributed by atoms with Crippen LogP contribution in [0.1, 0.15) is 0 Å². The summed E-state index contributed by atoms with van der Waals surface area (Å²) in [5, 5.41) is 5.44. The third-order valence-corrected chi connectivity index (χ3v) is 0.950. The molecule has 4 heteroatoms. The van der Waals surface area contributed by atoms with Gasteiger partial charge in [0, 0.05) is 0 Å². The summed E-state index contributed by atoms with van der Waals surface area (Å²) >= 11 is 3.43. The van der Waals surface area contributed by atoms with Crippen molar-refractivity contribution in [2.45, 2.75) is 0 Å². The summed E-state index contributed by atoms with van der Waals surface area (Å²) in [5.41, 5.74) is 0. The molecule has 40 valence electrons. The summed E-state index contributed by atoms with van der Waals surface area (Å²) in [6, 6.07) is 0. The maximum atomic E-state index is 3.57. The van der Waals surface area contributed by atoms with Crippen LogP contribution in [0, 0.1) is 0 Å². The molecule has 0 aliphatic heterocycles. The molecule has 0 aromatic carbocycles. The van der Waals surface area contributed by atoms with E-state index in [0.29, 0.717) is 0 Å². The Morgan fingerprint density at radius 3 is 2.86 bits per heavy atom. The van der Waals surface area contributed by atoms with Gasteiger partial charge >= 0.3 is 0 Å². The quantitative estimate of drug-likeness (QED) is 0.526. The van der Waals surface area contributed by atoms with Gasteiger partial charge in [-0.1, -0.05) is 0 Å². The van der Waals surface area contributed by atoms with Gasteiger partial charge in [0.15, 0.2) is 0 Å². The summed E-state index contributed by atoms with van der Waals surface area (Å²) in [5.74, 6) is 0. The lowest BCUT2D eigenvalue weighted by Gasteiger charge is -1.69. The van der Waals surface area contributed by atoms with E-state index < -0.39 is 0 Å². The van der Waals surface area contributed by atoms with E-state index in [1.807, 2.05) is 34.5 Å².